The summed E-state index contributed by atoms with van der Waals surface area (Å²) in [6, 6.07) is 0. The Morgan fingerprint density at radius 3 is 2.53 bits per heavy atom. The van der Waals surface area contributed by atoms with E-state index in [1.807, 2.05) is 18.7 Å². The normalized spacial score (nSPS) is 24.9. The molecule has 0 aromatic carbocycles. The van der Waals surface area contributed by atoms with E-state index in [2.05, 4.69) is 17.3 Å². The number of nitrogens with one attached hydrogen (secondary N) is 1. The Morgan fingerprint density at radius 1 is 1.35 bits per heavy atom. The van der Waals surface area contributed by atoms with E-state index in [1.165, 1.54) is 25.7 Å². The molecule has 0 radical (unpaired) electrons. The maximum absolute atomic E-state index is 6.00. The summed E-state index contributed by atoms with van der Waals surface area (Å²) in [5, 5.41) is 7.78. The van der Waals surface area contributed by atoms with Gasteiger partial charge in [-0.05, 0) is 31.6 Å². The molecule has 4 nitrogen and oxygen atoms in total. The van der Waals surface area contributed by atoms with Crippen molar-refractivity contribution in [3.63, 3.8) is 0 Å². The van der Waals surface area contributed by atoms with Gasteiger partial charge in [-0.2, -0.15) is 5.10 Å². The van der Waals surface area contributed by atoms with Crippen LogP contribution in [-0.4, -0.2) is 16.3 Å². The van der Waals surface area contributed by atoms with Crippen LogP contribution in [0.15, 0.2) is 0 Å². The van der Waals surface area contributed by atoms with E-state index >= 15 is 0 Å². The molecule has 17 heavy (non-hydrogen) atoms. The van der Waals surface area contributed by atoms with E-state index in [-0.39, 0.29) is 0 Å². The van der Waals surface area contributed by atoms with Crippen LogP contribution >= 0.6 is 0 Å². The first-order valence-electron chi connectivity index (χ1n) is 6.61. The second-order valence-electron chi connectivity index (χ2n) is 5.48. The summed E-state index contributed by atoms with van der Waals surface area (Å²) in [6.07, 6.45) is 5.41. The standard InChI is InChI=1S/C13H24N4/c1-9-4-6-11(7-5-9)8-15-13-12(14)10(2)16-17(13)3/h9,11,15H,4-8,14H2,1-3H3. The van der Waals surface area contributed by atoms with E-state index < -0.39 is 0 Å². The molecule has 96 valence electrons. The molecule has 3 N–H and O–H groups in total. The highest BCUT2D eigenvalue weighted by Crippen LogP contribution is 2.29. The number of aryl methyl sites for hydroxylation is 2. The number of hydrogen-bond donors (Lipinski definition) is 2. The molecule has 2 rings (SSSR count). The van der Waals surface area contributed by atoms with Crippen LogP contribution in [0.4, 0.5) is 11.5 Å². The first kappa shape index (κ1) is 12.3. The van der Waals surface area contributed by atoms with Gasteiger partial charge in [0.15, 0.2) is 0 Å². The third kappa shape index (κ3) is 2.73. The lowest BCUT2D eigenvalue weighted by molar-refractivity contribution is 0.300. The summed E-state index contributed by atoms with van der Waals surface area (Å²) in [5.74, 6) is 2.68. The van der Waals surface area contributed by atoms with E-state index in [0.717, 1.165) is 35.6 Å². The molecular formula is C13H24N4. The highest BCUT2D eigenvalue weighted by Gasteiger charge is 2.19. The molecule has 4 heteroatoms. The first-order valence-corrected chi connectivity index (χ1v) is 6.61. The largest absolute Gasteiger partial charge is 0.394 e. The van der Waals surface area contributed by atoms with Gasteiger partial charge in [-0.1, -0.05) is 19.8 Å². The second kappa shape index (κ2) is 4.98. The lowest BCUT2D eigenvalue weighted by Crippen LogP contribution is -2.21. The van der Waals surface area contributed by atoms with Crippen LogP contribution in [0.5, 0.6) is 0 Å². The lowest BCUT2D eigenvalue weighted by atomic mass is 9.83. The van der Waals surface area contributed by atoms with Crippen molar-refractivity contribution >= 4 is 11.5 Å². The molecule has 1 aliphatic carbocycles. The summed E-state index contributed by atoms with van der Waals surface area (Å²) >= 11 is 0. The van der Waals surface area contributed by atoms with Crippen LogP contribution in [-0.2, 0) is 7.05 Å². The van der Waals surface area contributed by atoms with Crippen LogP contribution in [0.25, 0.3) is 0 Å². The molecule has 0 atom stereocenters. The topological polar surface area (TPSA) is 55.9 Å². The van der Waals surface area contributed by atoms with Crippen molar-refractivity contribution in [1.82, 2.24) is 9.78 Å². The fourth-order valence-corrected chi connectivity index (χ4v) is 2.66. The van der Waals surface area contributed by atoms with Gasteiger partial charge in [-0.25, -0.2) is 0 Å². The summed E-state index contributed by atoms with van der Waals surface area (Å²) in [7, 11) is 1.94. The molecule has 1 heterocycles. The Labute approximate surface area is 104 Å². The number of nitrogen functional groups attached to an aromatic ring is 1. The maximum Gasteiger partial charge on any atom is 0.147 e. The van der Waals surface area contributed by atoms with Gasteiger partial charge in [-0.15, -0.1) is 0 Å². The van der Waals surface area contributed by atoms with Gasteiger partial charge in [-0.3, -0.25) is 4.68 Å². The predicted octanol–water partition coefficient (Wildman–Crippen LogP) is 2.55. The summed E-state index contributed by atoms with van der Waals surface area (Å²) in [6.45, 7) is 5.32. The second-order valence-corrected chi connectivity index (χ2v) is 5.48. The number of nitrogens with two attached hydrogens (primary N) is 1. The molecule has 1 aromatic rings. The van der Waals surface area contributed by atoms with Crippen molar-refractivity contribution < 1.29 is 0 Å². The van der Waals surface area contributed by atoms with Gasteiger partial charge in [0.25, 0.3) is 0 Å². The van der Waals surface area contributed by atoms with Gasteiger partial charge >= 0.3 is 0 Å². The minimum atomic E-state index is 0.789. The number of nitrogens with zero attached hydrogens (tertiary/aromatic N) is 2. The van der Waals surface area contributed by atoms with E-state index in [1.54, 1.807) is 0 Å². The van der Waals surface area contributed by atoms with Gasteiger partial charge < -0.3 is 11.1 Å². The lowest BCUT2D eigenvalue weighted by Gasteiger charge is -2.26. The third-order valence-electron chi connectivity index (χ3n) is 3.96. The van der Waals surface area contributed by atoms with Crippen LogP contribution < -0.4 is 11.1 Å². The van der Waals surface area contributed by atoms with Gasteiger partial charge in [0.2, 0.25) is 0 Å². The zero-order valence-corrected chi connectivity index (χ0v) is 11.2. The van der Waals surface area contributed by atoms with Crippen molar-refractivity contribution in [2.45, 2.75) is 39.5 Å². The summed E-state index contributed by atoms with van der Waals surface area (Å²) in [4.78, 5) is 0. The minimum Gasteiger partial charge on any atom is -0.394 e. The summed E-state index contributed by atoms with van der Waals surface area (Å²) < 4.78 is 1.84. The molecule has 1 saturated carbocycles. The molecule has 0 spiro atoms. The van der Waals surface area contributed by atoms with Crippen LogP contribution in [0.3, 0.4) is 0 Å². The van der Waals surface area contributed by atoms with Gasteiger partial charge in [0.05, 0.1) is 11.4 Å². The van der Waals surface area contributed by atoms with Crippen LogP contribution in [0, 0.1) is 18.8 Å². The Balaban J connectivity index is 1.89. The number of rotatable bonds is 3. The fraction of sp³-hybridized carbons (Fsp3) is 0.769. The van der Waals surface area contributed by atoms with Crippen molar-refractivity contribution in [2.24, 2.45) is 18.9 Å². The zero-order valence-electron chi connectivity index (χ0n) is 11.2. The van der Waals surface area contributed by atoms with E-state index in [4.69, 9.17) is 5.73 Å². The number of aromatic nitrogens is 2. The number of anilines is 2. The highest BCUT2D eigenvalue weighted by molar-refractivity contribution is 5.64. The Hall–Kier alpha value is -1.19. The minimum absolute atomic E-state index is 0.789. The molecule has 0 unspecified atom stereocenters. The van der Waals surface area contributed by atoms with Gasteiger partial charge in [0.1, 0.15) is 5.82 Å². The average molecular weight is 236 g/mol. The van der Waals surface area contributed by atoms with Crippen molar-refractivity contribution in [3.8, 4) is 0 Å². The average Bonchev–Trinajstić information content (AvgIpc) is 2.54. The molecule has 0 bridgehead atoms. The highest BCUT2D eigenvalue weighted by atomic mass is 15.3. The monoisotopic (exact) mass is 236 g/mol. The van der Waals surface area contributed by atoms with Crippen molar-refractivity contribution in [1.29, 1.82) is 0 Å². The first-order chi connectivity index (χ1) is 8.08. The Kier molecular flexibility index (Phi) is 3.60. The molecular weight excluding hydrogens is 212 g/mol. The zero-order chi connectivity index (χ0) is 12.4. The molecule has 0 amide bonds. The fourth-order valence-electron chi connectivity index (χ4n) is 2.66. The Morgan fingerprint density at radius 2 is 2.00 bits per heavy atom. The van der Waals surface area contributed by atoms with Gasteiger partial charge in [0, 0.05) is 13.6 Å². The summed E-state index contributed by atoms with van der Waals surface area (Å²) in [5.41, 5.74) is 7.69. The smallest absolute Gasteiger partial charge is 0.147 e. The number of hydrogen-bond acceptors (Lipinski definition) is 3. The van der Waals surface area contributed by atoms with Crippen molar-refractivity contribution in [2.75, 3.05) is 17.6 Å². The van der Waals surface area contributed by atoms with Crippen LogP contribution in [0.1, 0.15) is 38.3 Å². The SMILES string of the molecule is Cc1nn(C)c(NCC2CCC(C)CC2)c1N. The predicted molar refractivity (Wildman–Crippen MR) is 72.0 cm³/mol. The molecule has 1 aliphatic rings. The Bertz CT molecular complexity index is 375. The van der Waals surface area contributed by atoms with E-state index in [0.29, 0.717) is 0 Å². The maximum atomic E-state index is 6.00. The molecule has 0 saturated heterocycles. The van der Waals surface area contributed by atoms with E-state index in [9.17, 15) is 0 Å². The third-order valence-corrected chi connectivity index (χ3v) is 3.96. The molecule has 1 fully saturated rings. The molecule has 1 aromatic heterocycles. The van der Waals surface area contributed by atoms with Crippen LogP contribution in [0.2, 0.25) is 0 Å². The quantitative estimate of drug-likeness (QED) is 0.848. The van der Waals surface area contributed by atoms with Crippen molar-refractivity contribution in [3.05, 3.63) is 5.69 Å². The molecule has 0 aliphatic heterocycles.